The van der Waals surface area contributed by atoms with E-state index >= 15 is 0 Å². The van der Waals surface area contributed by atoms with Crippen molar-refractivity contribution >= 4 is 17.3 Å². The zero-order valence-electron chi connectivity index (χ0n) is 7.84. The van der Waals surface area contributed by atoms with E-state index in [0.717, 1.165) is 17.2 Å². The first-order chi connectivity index (χ1) is 7.25. The summed E-state index contributed by atoms with van der Waals surface area (Å²) in [5.41, 5.74) is 0.120. The van der Waals surface area contributed by atoms with Crippen LogP contribution < -0.4 is 0 Å². The number of aromatic carboxylic acids is 1. The summed E-state index contributed by atoms with van der Waals surface area (Å²) < 4.78 is 5.17. The molecule has 0 amide bonds. The van der Waals surface area contributed by atoms with Gasteiger partial charge in [0.25, 0.3) is 0 Å². The van der Waals surface area contributed by atoms with E-state index in [-0.39, 0.29) is 5.69 Å². The third-order valence-electron chi connectivity index (χ3n) is 1.94. The lowest BCUT2D eigenvalue weighted by molar-refractivity contribution is 0.0691. The fraction of sp³-hybridized carbons (Fsp3) is 0.200. The number of carboxylic acids is 1. The summed E-state index contributed by atoms with van der Waals surface area (Å²) in [6, 6.07) is 3.73. The summed E-state index contributed by atoms with van der Waals surface area (Å²) in [6.45, 7) is 0. The number of carboxylic acid groups (broad SMARTS) is 1. The molecule has 0 aliphatic carbocycles. The standard InChI is InChI=1S/C10H9NO3S/c12-10(13)8-6-15-9(11-8)4-3-7-2-1-5-14-7/h1-2,5-6H,3-4H2,(H,12,13). The number of aryl methyl sites for hydroxylation is 2. The van der Waals surface area contributed by atoms with Crippen molar-refractivity contribution in [2.75, 3.05) is 0 Å². The highest BCUT2D eigenvalue weighted by molar-refractivity contribution is 7.09. The van der Waals surface area contributed by atoms with Crippen molar-refractivity contribution in [1.29, 1.82) is 0 Å². The number of hydrogen-bond acceptors (Lipinski definition) is 4. The molecule has 0 aliphatic rings. The van der Waals surface area contributed by atoms with E-state index in [2.05, 4.69) is 4.98 Å². The van der Waals surface area contributed by atoms with Crippen LogP contribution in [0.5, 0.6) is 0 Å². The average Bonchev–Trinajstić information content (AvgIpc) is 2.86. The Labute approximate surface area is 90.2 Å². The number of furan rings is 1. The van der Waals surface area contributed by atoms with Gasteiger partial charge in [0.1, 0.15) is 5.76 Å². The maximum absolute atomic E-state index is 10.6. The fourth-order valence-corrected chi connectivity index (χ4v) is 1.98. The van der Waals surface area contributed by atoms with Crippen LogP contribution in [0, 0.1) is 0 Å². The van der Waals surface area contributed by atoms with Crippen molar-refractivity contribution in [2.24, 2.45) is 0 Å². The first kappa shape index (κ1) is 9.92. The van der Waals surface area contributed by atoms with Crippen molar-refractivity contribution in [3.8, 4) is 0 Å². The van der Waals surface area contributed by atoms with Crippen molar-refractivity contribution < 1.29 is 14.3 Å². The summed E-state index contributed by atoms with van der Waals surface area (Å²) >= 11 is 1.37. The molecule has 0 unspecified atom stereocenters. The molecule has 2 rings (SSSR count). The van der Waals surface area contributed by atoms with Gasteiger partial charge in [-0.1, -0.05) is 0 Å². The fourth-order valence-electron chi connectivity index (χ4n) is 1.21. The Hall–Kier alpha value is -1.62. The van der Waals surface area contributed by atoms with Crippen molar-refractivity contribution in [2.45, 2.75) is 12.8 Å². The molecule has 0 saturated heterocycles. The van der Waals surface area contributed by atoms with Gasteiger partial charge >= 0.3 is 5.97 Å². The Kier molecular flexibility index (Phi) is 2.82. The van der Waals surface area contributed by atoms with Gasteiger partial charge in [-0.2, -0.15) is 0 Å². The minimum Gasteiger partial charge on any atom is -0.476 e. The molecule has 0 aromatic carbocycles. The van der Waals surface area contributed by atoms with Gasteiger partial charge in [-0.15, -0.1) is 11.3 Å². The number of thiazole rings is 1. The summed E-state index contributed by atoms with van der Waals surface area (Å²) in [5, 5.41) is 11.1. The normalized spacial score (nSPS) is 10.4. The zero-order valence-corrected chi connectivity index (χ0v) is 8.66. The van der Waals surface area contributed by atoms with Crippen LogP contribution >= 0.6 is 11.3 Å². The lowest BCUT2D eigenvalue weighted by atomic mass is 10.2. The number of carbonyl (C=O) groups is 1. The first-order valence-electron chi connectivity index (χ1n) is 4.46. The number of hydrogen-bond donors (Lipinski definition) is 1. The first-order valence-corrected chi connectivity index (χ1v) is 5.34. The summed E-state index contributed by atoms with van der Waals surface area (Å²) in [4.78, 5) is 14.6. The Morgan fingerprint density at radius 2 is 2.40 bits per heavy atom. The van der Waals surface area contributed by atoms with Gasteiger partial charge in [0.15, 0.2) is 5.69 Å². The molecular formula is C10H9NO3S. The average molecular weight is 223 g/mol. The van der Waals surface area contributed by atoms with E-state index in [9.17, 15) is 4.79 Å². The Bertz CT molecular complexity index is 447. The van der Waals surface area contributed by atoms with Crippen LogP contribution in [-0.4, -0.2) is 16.1 Å². The van der Waals surface area contributed by atoms with E-state index in [1.54, 1.807) is 11.6 Å². The predicted molar refractivity (Wildman–Crippen MR) is 55.2 cm³/mol. The molecule has 5 heteroatoms. The molecular weight excluding hydrogens is 214 g/mol. The predicted octanol–water partition coefficient (Wildman–Crippen LogP) is 2.22. The van der Waals surface area contributed by atoms with E-state index < -0.39 is 5.97 Å². The molecule has 0 atom stereocenters. The lowest BCUT2D eigenvalue weighted by Gasteiger charge is -1.92. The second-order valence-electron chi connectivity index (χ2n) is 3.01. The molecule has 0 saturated carbocycles. The van der Waals surface area contributed by atoms with Crippen LogP contribution in [0.3, 0.4) is 0 Å². The van der Waals surface area contributed by atoms with E-state index in [4.69, 9.17) is 9.52 Å². The molecule has 1 N–H and O–H groups in total. The minimum absolute atomic E-state index is 0.120. The molecule has 0 fully saturated rings. The van der Waals surface area contributed by atoms with Crippen LogP contribution in [0.2, 0.25) is 0 Å². The second kappa shape index (κ2) is 4.27. The molecule has 2 aromatic heterocycles. The molecule has 0 spiro atoms. The topological polar surface area (TPSA) is 63.3 Å². The molecule has 0 radical (unpaired) electrons. The van der Waals surface area contributed by atoms with Gasteiger partial charge in [-0.05, 0) is 12.1 Å². The van der Waals surface area contributed by atoms with Gasteiger partial charge in [0.2, 0.25) is 0 Å². The molecule has 2 heterocycles. The van der Waals surface area contributed by atoms with Gasteiger partial charge in [0, 0.05) is 18.2 Å². The minimum atomic E-state index is -0.976. The molecule has 4 nitrogen and oxygen atoms in total. The van der Waals surface area contributed by atoms with Crippen molar-refractivity contribution in [3.63, 3.8) is 0 Å². The van der Waals surface area contributed by atoms with E-state index in [1.165, 1.54) is 11.3 Å². The van der Waals surface area contributed by atoms with Crippen LogP contribution in [0.15, 0.2) is 28.2 Å². The third kappa shape index (κ3) is 2.44. The van der Waals surface area contributed by atoms with E-state index in [1.807, 2.05) is 12.1 Å². The maximum Gasteiger partial charge on any atom is 0.355 e. The largest absolute Gasteiger partial charge is 0.476 e. The Balaban J connectivity index is 1.96. The van der Waals surface area contributed by atoms with Gasteiger partial charge in [0.05, 0.1) is 11.3 Å². The van der Waals surface area contributed by atoms with Crippen LogP contribution in [-0.2, 0) is 12.8 Å². The lowest BCUT2D eigenvalue weighted by Crippen LogP contribution is -1.97. The third-order valence-corrected chi connectivity index (χ3v) is 2.84. The highest BCUT2D eigenvalue weighted by atomic mass is 32.1. The molecule has 2 aromatic rings. The monoisotopic (exact) mass is 223 g/mol. The molecule has 78 valence electrons. The summed E-state index contributed by atoms with van der Waals surface area (Å²) in [6.07, 6.45) is 3.09. The van der Waals surface area contributed by atoms with Crippen molar-refractivity contribution in [3.05, 3.63) is 40.2 Å². The molecule has 15 heavy (non-hydrogen) atoms. The zero-order chi connectivity index (χ0) is 10.7. The van der Waals surface area contributed by atoms with E-state index in [0.29, 0.717) is 6.42 Å². The smallest absolute Gasteiger partial charge is 0.355 e. The Morgan fingerprint density at radius 1 is 1.53 bits per heavy atom. The highest BCUT2D eigenvalue weighted by Gasteiger charge is 2.08. The second-order valence-corrected chi connectivity index (χ2v) is 3.95. The van der Waals surface area contributed by atoms with Crippen LogP contribution in [0.25, 0.3) is 0 Å². The molecule has 0 bridgehead atoms. The number of nitrogens with zero attached hydrogens (tertiary/aromatic N) is 1. The van der Waals surface area contributed by atoms with Crippen molar-refractivity contribution in [1.82, 2.24) is 4.98 Å². The van der Waals surface area contributed by atoms with Crippen LogP contribution in [0.1, 0.15) is 21.3 Å². The highest BCUT2D eigenvalue weighted by Crippen LogP contribution is 2.13. The summed E-state index contributed by atoms with van der Waals surface area (Å²) in [7, 11) is 0. The molecule has 0 aliphatic heterocycles. The number of rotatable bonds is 4. The van der Waals surface area contributed by atoms with Gasteiger partial charge in [-0.3, -0.25) is 0 Å². The van der Waals surface area contributed by atoms with Gasteiger partial charge < -0.3 is 9.52 Å². The summed E-state index contributed by atoms with van der Waals surface area (Å²) in [5.74, 6) is -0.0856. The maximum atomic E-state index is 10.6. The Morgan fingerprint density at radius 3 is 3.00 bits per heavy atom. The SMILES string of the molecule is O=C(O)c1csc(CCc2ccco2)n1. The quantitative estimate of drug-likeness (QED) is 0.863. The van der Waals surface area contributed by atoms with Gasteiger partial charge in [-0.25, -0.2) is 9.78 Å². The number of aromatic nitrogens is 1. The van der Waals surface area contributed by atoms with Crippen LogP contribution in [0.4, 0.5) is 0 Å².